The highest BCUT2D eigenvalue weighted by atomic mass is 32.2. The van der Waals surface area contributed by atoms with Crippen molar-refractivity contribution in [2.75, 3.05) is 18.6 Å². The minimum Gasteiger partial charge on any atom is -0.493 e. The Bertz CT molecular complexity index is 335. The molecule has 16 heavy (non-hydrogen) atoms. The summed E-state index contributed by atoms with van der Waals surface area (Å²) in [5, 5.41) is 12.0. The third kappa shape index (κ3) is 3.77. The summed E-state index contributed by atoms with van der Waals surface area (Å²) >= 11 is 1.76. The van der Waals surface area contributed by atoms with E-state index in [0.29, 0.717) is 12.1 Å². The van der Waals surface area contributed by atoms with Crippen LogP contribution in [0.2, 0.25) is 0 Å². The Hall–Kier alpha value is -1.16. The van der Waals surface area contributed by atoms with Crippen molar-refractivity contribution >= 4 is 17.5 Å². The Morgan fingerprint density at radius 3 is 2.56 bits per heavy atom. The van der Waals surface area contributed by atoms with E-state index >= 15 is 0 Å². The van der Waals surface area contributed by atoms with Crippen LogP contribution >= 0.6 is 11.8 Å². The van der Waals surface area contributed by atoms with Crippen molar-refractivity contribution in [2.24, 2.45) is 5.16 Å². The molecule has 0 aliphatic rings. The molecule has 0 aliphatic heterocycles. The molecule has 0 fully saturated rings. The normalized spacial score (nSPS) is 11.5. The number of ether oxygens (including phenoxy) is 1. The summed E-state index contributed by atoms with van der Waals surface area (Å²) in [5.74, 6) is 1.84. The van der Waals surface area contributed by atoms with E-state index in [-0.39, 0.29) is 0 Å². The summed E-state index contributed by atoms with van der Waals surface area (Å²) in [6, 6.07) is 7.62. The van der Waals surface area contributed by atoms with Crippen molar-refractivity contribution < 1.29 is 9.94 Å². The van der Waals surface area contributed by atoms with E-state index in [4.69, 9.17) is 9.94 Å². The Kier molecular flexibility index (Phi) is 5.78. The highest BCUT2D eigenvalue weighted by Gasteiger charge is 2.01. The Morgan fingerprint density at radius 1 is 1.38 bits per heavy atom. The lowest BCUT2D eigenvalue weighted by Crippen LogP contribution is -2.01. The number of rotatable bonds is 6. The molecule has 0 spiro atoms. The van der Waals surface area contributed by atoms with Crippen molar-refractivity contribution in [1.29, 1.82) is 0 Å². The molecule has 0 aliphatic carbocycles. The van der Waals surface area contributed by atoms with Gasteiger partial charge in [-0.05, 0) is 42.5 Å². The van der Waals surface area contributed by atoms with Crippen LogP contribution in [0.3, 0.4) is 0 Å². The lowest BCUT2D eigenvalue weighted by Gasteiger charge is -2.06. The third-order valence-corrected chi connectivity index (χ3v) is 2.77. The lowest BCUT2D eigenvalue weighted by molar-refractivity contribution is 0.318. The SMILES string of the molecule is CC/C(=N/O)c1ccc(OCCSC)cc1. The van der Waals surface area contributed by atoms with Crippen LogP contribution in [-0.2, 0) is 0 Å². The Balaban J connectivity index is 2.60. The van der Waals surface area contributed by atoms with E-state index in [1.54, 1.807) is 11.8 Å². The van der Waals surface area contributed by atoms with Crippen molar-refractivity contribution in [1.82, 2.24) is 0 Å². The maximum absolute atomic E-state index is 8.78. The van der Waals surface area contributed by atoms with Gasteiger partial charge in [-0.15, -0.1) is 0 Å². The van der Waals surface area contributed by atoms with Gasteiger partial charge in [0.2, 0.25) is 0 Å². The number of hydrogen-bond donors (Lipinski definition) is 1. The zero-order valence-electron chi connectivity index (χ0n) is 9.64. The van der Waals surface area contributed by atoms with Crippen LogP contribution in [0.1, 0.15) is 18.9 Å². The molecule has 0 atom stereocenters. The van der Waals surface area contributed by atoms with E-state index in [0.717, 1.165) is 23.7 Å². The highest BCUT2D eigenvalue weighted by Crippen LogP contribution is 2.14. The molecular weight excluding hydrogens is 222 g/mol. The predicted octanol–water partition coefficient (Wildman–Crippen LogP) is 3.02. The topological polar surface area (TPSA) is 41.8 Å². The molecule has 3 nitrogen and oxygen atoms in total. The molecule has 0 aromatic heterocycles. The summed E-state index contributed by atoms with van der Waals surface area (Å²) in [6.45, 7) is 2.67. The molecule has 0 amide bonds. The maximum Gasteiger partial charge on any atom is 0.119 e. The van der Waals surface area contributed by atoms with E-state index in [1.807, 2.05) is 31.2 Å². The molecule has 0 radical (unpaired) electrons. The lowest BCUT2D eigenvalue weighted by atomic mass is 10.1. The van der Waals surface area contributed by atoms with Crippen molar-refractivity contribution in [3.8, 4) is 5.75 Å². The van der Waals surface area contributed by atoms with Crippen LogP contribution in [0, 0.1) is 0 Å². The first-order valence-corrected chi connectivity index (χ1v) is 6.64. The monoisotopic (exact) mass is 239 g/mol. The molecule has 0 bridgehead atoms. The van der Waals surface area contributed by atoms with Gasteiger partial charge in [-0.3, -0.25) is 0 Å². The largest absolute Gasteiger partial charge is 0.493 e. The van der Waals surface area contributed by atoms with Crippen LogP contribution in [0.15, 0.2) is 29.4 Å². The second kappa shape index (κ2) is 7.17. The third-order valence-electron chi connectivity index (χ3n) is 2.20. The minimum absolute atomic E-state index is 0.690. The van der Waals surface area contributed by atoms with Gasteiger partial charge < -0.3 is 9.94 Å². The molecule has 1 aromatic carbocycles. The van der Waals surface area contributed by atoms with Gasteiger partial charge in [0.05, 0.1) is 12.3 Å². The van der Waals surface area contributed by atoms with Crippen LogP contribution < -0.4 is 4.74 Å². The van der Waals surface area contributed by atoms with Gasteiger partial charge in [-0.1, -0.05) is 12.1 Å². The van der Waals surface area contributed by atoms with Crippen molar-refractivity contribution in [3.05, 3.63) is 29.8 Å². The molecule has 1 N–H and O–H groups in total. The van der Waals surface area contributed by atoms with Crippen molar-refractivity contribution in [3.63, 3.8) is 0 Å². The van der Waals surface area contributed by atoms with Gasteiger partial charge in [-0.25, -0.2) is 0 Å². The second-order valence-electron chi connectivity index (χ2n) is 3.27. The number of thioether (sulfide) groups is 1. The minimum atomic E-state index is 0.690. The van der Waals surface area contributed by atoms with E-state index in [9.17, 15) is 0 Å². The van der Waals surface area contributed by atoms with E-state index in [1.165, 1.54) is 0 Å². The van der Waals surface area contributed by atoms with Gasteiger partial charge >= 0.3 is 0 Å². The zero-order valence-corrected chi connectivity index (χ0v) is 10.5. The average molecular weight is 239 g/mol. The number of hydrogen-bond acceptors (Lipinski definition) is 4. The predicted molar refractivity (Wildman–Crippen MR) is 68.9 cm³/mol. The standard InChI is InChI=1S/C12H17NO2S/c1-3-12(13-14)10-4-6-11(7-5-10)15-8-9-16-2/h4-7,14H,3,8-9H2,1-2H3/b13-12-. The van der Waals surface area contributed by atoms with Crippen LogP contribution in [-0.4, -0.2) is 29.5 Å². The first-order chi connectivity index (χ1) is 7.81. The second-order valence-corrected chi connectivity index (χ2v) is 4.25. The van der Waals surface area contributed by atoms with Gasteiger partial charge in [-0.2, -0.15) is 11.8 Å². The van der Waals surface area contributed by atoms with Gasteiger partial charge in [0.15, 0.2) is 0 Å². The number of oxime groups is 1. The molecule has 4 heteroatoms. The molecular formula is C12H17NO2S. The number of nitrogens with zero attached hydrogens (tertiary/aromatic N) is 1. The van der Waals surface area contributed by atoms with Crippen molar-refractivity contribution in [2.45, 2.75) is 13.3 Å². The highest BCUT2D eigenvalue weighted by molar-refractivity contribution is 7.98. The summed E-state index contributed by atoms with van der Waals surface area (Å²) in [4.78, 5) is 0. The Labute approximate surface area is 101 Å². The number of benzene rings is 1. The molecule has 88 valence electrons. The molecule has 0 saturated carbocycles. The average Bonchev–Trinajstić information content (AvgIpc) is 2.33. The van der Waals surface area contributed by atoms with Gasteiger partial charge in [0, 0.05) is 5.75 Å². The van der Waals surface area contributed by atoms with Gasteiger partial charge in [0.1, 0.15) is 5.75 Å². The Morgan fingerprint density at radius 2 is 2.06 bits per heavy atom. The van der Waals surface area contributed by atoms with E-state index in [2.05, 4.69) is 11.4 Å². The zero-order chi connectivity index (χ0) is 11.8. The fourth-order valence-electron chi connectivity index (χ4n) is 1.32. The summed E-state index contributed by atoms with van der Waals surface area (Å²) in [6.07, 6.45) is 2.76. The molecule has 1 rings (SSSR count). The summed E-state index contributed by atoms with van der Waals surface area (Å²) in [7, 11) is 0. The first-order valence-electron chi connectivity index (χ1n) is 5.25. The van der Waals surface area contributed by atoms with Gasteiger partial charge in [0.25, 0.3) is 0 Å². The first kappa shape index (κ1) is 12.9. The molecule has 0 saturated heterocycles. The fourth-order valence-corrected chi connectivity index (χ4v) is 1.57. The molecule has 1 aromatic rings. The van der Waals surface area contributed by atoms with E-state index < -0.39 is 0 Å². The quantitative estimate of drug-likeness (QED) is 0.359. The molecule has 0 unspecified atom stereocenters. The molecule has 0 heterocycles. The van der Waals surface area contributed by atoms with Crippen LogP contribution in [0.5, 0.6) is 5.75 Å². The van der Waals surface area contributed by atoms with Crippen LogP contribution in [0.4, 0.5) is 0 Å². The fraction of sp³-hybridized carbons (Fsp3) is 0.417. The maximum atomic E-state index is 8.78. The smallest absolute Gasteiger partial charge is 0.119 e. The summed E-state index contributed by atoms with van der Waals surface area (Å²) < 4.78 is 5.53. The van der Waals surface area contributed by atoms with Crippen LogP contribution in [0.25, 0.3) is 0 Å². The summed E-state index contributed by atoms with van der Waals surface area (Å²) in [5.41, 5.74) is 1.62.